The summed E-state index contributed by atoms with van der Waals surface area (Å²) in [6.45, 7) is 6.08. The maximum absolute atomic E-state index is 10.3. The van der Waals surface area contributed by atoms with Crippen molar-refractivity contribution in [2.75, 3.05) is 5.75 Å². The van der Waals surface area contributed by atoms with Crippen molar-refractivity contribution in [3.05, 3.63) is 59.7 Å². The topological polar surface area (TPSA) is 29.5 Å². The van der Waals surface area contributed by atoms with E-state index in [9.17, 15) is 5.11 Å². The smallest absolute Gasteiger partial charge is 0.119 e. The number of ether oxygens (including phenoxy) is 1. The summed E-state index contributed by atoms with van der Waals surface area (Å²) < 4.78 is 5.60. The zero-order valence-electron chi connectivity index (χ0n) is 12.7. The molecule has 0 aliphatic rings. The molecular formula is C18H22O2S. The van der Waals surface area contributed by atoms with E-state index in [0.29, 0.717) is 5.75 Å². The van der Waals surface area contributed by atoms with Crippen molar-refractivity contribution in [1.29, 1.82) is 0 Å². The largest absolute Gasteiger partial charge is 0.491 e. The molecule has 2 rings (SSSR count). The van der Waals surface area contributed by atoms with Crippen LogP contribution in [-0.4, -0.2) is 17.0 Å². The van der Waals surface area contributed by atoms with Gasteiger partial charge >= 0.3 is 0 Å². The molecule has 112 valence electrons. The lowest BCUT2D eigenvalue weighted by molar-refractivity contribution is 0.203. The minimum atomic E-state index is -0.469. The number of aryl methyl sites for hydroxylation is 1. The van der Waals surface area contributed by atoms with Gasteiger partial charge in [-0.15, -0.1) is 11.8 Å². The van der Waals surface area contributed by atoms with Crippen LogP contribution in [0.5, 0.6) is 5.75 Å². The van der Waals surface area contributed by atoms with E-state index < -0.39 is 6.10 Å². The first-order valence-electron chi connectivity index (χ1n) is 7.19. The Hall–Kier alpha value is -1.45. The number of hydrogen-bond acceptors (Lipinski definition) is 3. The Balaban J connectivity index is 1.92. The van der Waals surface area contributed by atoms with Gasteiger partial charge in [-0.05, 0) is 50.6 Å². The summed E-state index contributed by atoms with van der Waals surface area (Å²) in [6.07, 6.45) is -0.304. The van der Waals surface area contributed by atoms with Gasteiger partial charge in [-0.2, -0.15) is 0 Å². The van der Waals surface area contributed by atoms with Crippen molar-refractivity contribution in [2.24, 2.45) is 0 Å². The maximum Gasteiger partial charge on any atom is 0.119 e. The van der Waals surface area contributed by atoms with Crippen LogP contribution < -0.4 is 4.74 Å². The predicted molar refractivity (Wildman–Crippen MR) is 89.1 cm³/mol. The second-order valence-corrected chi connectivity index (χ2v) is 6.47. The lowest BCUT2D eigenvalue weighted by Crippen LogP contribution is -2.06. The van der Waals surface area contributed by atoms with Crippen LogP contribution in [0.3, 0.4) is 0 Å². The van der Waals surface area contributed by atoms with Crippen molar-refractivity contribution in [1.82, 2.24) is 0 Å². The van der Waals surface area contributed by atoms with E-state index in [4.69, 9.17) is 4.74 Å². The van der Waals surface area contributed by atoms with Crippen LogP contribution in [0.1, 0.15) is 31.1 Å². The zero-order valence-corrected chi connectivity index (χ0v) is 13.6. The maximum atomic E-state index is 10.3. The molecule has 2 aromatic carbocycles. The summed E-state index contributed by atoms with van der Waals surface area (Å²) in [6, 6.07) is 16.0. The summed E-state index contributed by atoms with van der Waals surface area (Å²) >= 11 is 1.67. The van der Waals surface area contributed by atoms with E-state index in [2.05, 4.69) is 25.1 Å². The summed E-state index contributed by atoms with van der Waals surface area (Å²) in [4.78, 5) is 1.19. The van der Waals surface area contributed by atoms with Gasteiger partial charge in [0.25, 0.3) is 0 Å². The molecule has 2 nitrogen and oxygen atoms in total. The van der Waals surface area contributed by atoms with E-state index >= 15 is 0 Å². The Morgan fingerprint density at radius 1 is 1.10 bits per heavy atom. The Labute approximate surface area is 131 Å². The second-order valence-electron chi connectivity index (χ2n) is 5.38. The Bertz CT molecular complexity index is 564. The first-order valence-corrected chi connectivity index (χ1v) is 8.17. The van der Waals surface area contributed by atoms with Crippen molar-refractivity contribution < 1.29 is 9.84 Å². The average molecular weight is 302 g/mol. The third-order valence-electron chi connectivity index (χ3n) is 3.03. The molecule has 0 amide bonds. The SMILES string of the molecule is Cc1cccc(SCC(O)c2ccc(OC(C)C)cc2)c1. The molecule has 0 saturated carbocycles. The van der Waals surface area contributed by atoms with Crippen LogP contribution in [0, 0.1) is 6.92 Å². The van der Waals surface area contributed by atoms with E-state index in [1.807, 2.05) is 44.2 Å². The Morgan fingerprint density at radius 2 is 1.81 bits per heavy atom. The molecule has 0 saturated heterocycles. The van der Waals surface area contributed by atoms with Crippen LogP contribution in [0.25, 0.3) is 0 Å². The van der Waals surface area contributed by atoms with Crippen molar-refractivity contribution in [3.8, 4) is 5.75 Å². The molecule has 0 bridgehead atoms. The number of benzene rings is 2. The lowest BCUT2D eigenvalue weighted by atomic mass is 10.1. The molecular weight excluding hydrogens is 280 g/mol. The van der Waals surface area contributed by atoms with Crippen LogP contribution in [0.4, 0.5) is 0 Å². The summed E-state index contributed by atoms with van der Waals surface area (Å²) in [5.74, 6) is 1.49. The average Bonchev–Trinajstić information content (AvgIpc) is 2.45. The van der Waals surface area contributed by atoms with Gasteiger partial charge in [0.05, 0.1) is 12.2 Å². The van der Waals surface area contributed by atoms with Crippen LogP contribution in [0.2, 0.25) is 0 Å². The van der Waals surface area contributed by atoms with Gasteiger partial charge in [0, 0.05) is 10.6 Å². The molecule has 1 N–H and O–H groups in total. The normalized spacial score (nSPS) is 12.4. The zero-order chi connectivity index (χ0) is 15.2. The molecule has 0 spiro atoms. The first-order chi connectivity index (χ1) is 10.0. The third kappa shape index (κ3) is 5.10. The van der Waals surface area contributed by atoms with Crippen LogP contribution in [0.15, 0.2) is 53.4 Å². The Kier molecular flexibility index (Phi) is 5.71. The highest BCUT2D eigenvalue weighted by Gasteiger charge is 2.09. The summed E-state index contributed by atoms with van der Waals surface area (Å²) in [7, 11) is 0. The van der Waals surface area contributed by atoms with Crippen molar-refractivity contribution in [2.45, 2.75) is 37.9 Å². The van der Waals surface area contributed by atoms with Crippen molar-refractivity contribution in [3.63, 3.8) is 0 Å². The fourth-order valence-electron chi connectivity index (χ4n) is 2.02. The molecule has 3 heteroatoms. The summed E-state index contributed by atoms with van der Waals surface area (Å²) in [5, 5.41) is 10.3. The minimum Gasteiger partial charge on any atom is -0.491 e. The molecule has 0 aromatic heterocycles. The molecule has 1 atom stereocenters. The molecule has 1 unspecified atom stereocenters. The fourth-order valence-corrected chi connectivity index (χ4v) is 3.00. The highest BCUT2D eigenvalue weighted by Crippen LogP contribution is 2.26. The van der Waals surface area contributed by atoms with E-state index in [-0.39, 0.29) is 6.10 Å². The van der Waals surface area contributed by atoms with E-state index in [0.717, 1.165) is 11.3 Å². The van der Waals surface area contributed by atoms with E-state index in [1.54, 1.807) is 11.8 Å². The molecule has 0 fully saturated rings. The van der Waals surface area contributed by atoms with Gasteiger partial charge in [0.15, 0.2) is 0 Å². The number of hydrogen-bond donors (Lipinski definition) is 1. The molecule has 0 radical (unpaired) electrons. The Morgan fingerprint density at radius 3 is 2.43 bits per heavy atom. The van der Waals surface area contributed by atoms with Gasteiger partial charge in [0.1, 0.15) is 5.75 Å². The molecule has 0 aliphatic heterocycles. The van der Waals surface area contributed by atoms with Crippen LogP contribution in [-0.2, 0) is 0 Å². The van der Waals surface area contributed by atoms with Gasteiger partial charge in [-0.3, -0.25) is 0 Å². The number of thioether (sulfide) groups is 1. The van der Waals surface area contributed by atoms with Crippen LogP contribution >= 0.6 is 11.8 Å². The standard InChI is InChI=1S/C18H22O2S/c1-13(2)20-16-9-7-15(8-10-16)18(19)12-21-17-6-4-5-14(3)11-17/h4-11,13,18-19H,12H2,1-3H3. The number of rotatable bonds is 6. The summed E-state index contributed by atoms with van der Waals surface area (Å²) in [5.41, 5.74) is 2.16. The molecule has 21 heavy (non-hydrogen) atoms. The third-order valence-corrected chi connectivity index (χ3v) is 4.10. The fraction of sp³-hybridized carbons (Fsp3) is 0.333. The molecule has 0 aliphatic carbocycles. The van der Waals surface area contributed by atoms with Gasteiger partial charge in [-0.1, -0.05) is 29.8 Å². The van der Waals surface area contributed by atoms with E-state index in [1.165, 1.54) is 10.5 Å². The number of aliphatic hydroxyl groups excluding tert-OH is 1. The predicted octanol–water partition coefficient (Wildman–Crippen LogP) is 4.61. The first kappa shape index (κ1) is 15.9. The highest BCUT2D eigenvalue weighted by molar-refractivity contribution is 7.99. The van der Waals surface area contributed by atoms with Gasteiger partial charge in [0.2, 0.25) is 0 Å². The lowest BCUT2D eigenvalue weighted by Gasteiger charge is -2.13. The van der Waals surface area contributed by atoms with Gasteiger partial charge < -0.3 is 9.84 Å². The molecule has 2 aromatic rings. The van der Waals surface area contributed by atoms with Crippen molar-refractivity contribution >= 4 is 11.8 Å². The van der Waals surface area contributed by atoms with Gasteiger partial charge in [-0.25, -0.2) is 0 Å². The minimum absolute atomic E-state index is 0.164. The monoisotopic (exact) mass is 302 g/mol. The second kappa shape index (κ2) is 7.53. The molecule has 0 heterocycles. The highest BCUT2D eigenvalue weighted by atomic mass is 32.2. The quantitative estimate of drug-likeness (QED) is 0.790. The number of aliphatic hydroxyl groups is 1.